The third-order valence-electron chi connectivity index (χ3n) is 7.63. The molecule has 152 valence electrons. The highest BCUT2D eigenvalue weighted by atomic mass is 16.5. The number of nitrogens with zero attached hydrogens (tertiary/aromatic N) is 1. The highest BCUT2D eigenvalue weighted by Gasteiger charge is 2.29. The van der Waals surface area contributed by atoms with Gasteiger partial charge in [0.25, 0.3) is 0 Å². The van der Waals surface area contributed by atoms with E-state index in [1.807, 2.05) is 0 Å². The summed E-state index contributed by atoms with van der Waals surface area (Å²) in [6, 6.07) is 17.4. The number of benzene rings is 2. The van der Waals surface area contributed by atoms with Gasteiger partial charge < -0.3 is 9.30 Å². The van der Waals surface area contributed by atoms with E-state index in [-0.39, 0.29) is 0 Å². The summed E-state index contributed by atoms with van der Waals surface area (Å²) in [5.74, 6) is 3.71. The average molecular weight is 388 g/mol. The Morgan fingerprint density at radius 2 is 1.79 bits per heavy atom. The van der Waals surface area contributed by atoms with Crippen LogP contribution in [0.25, 0.3) is 10.9 Å². The second kappa shape index (κ2) is 8.26. The van der Waals surface area contributed by atoms with E-state index in [0.29, 0.717) is 6.73 Å². The molecule has 2 aliphatic rings. The molecule has 5 rings (SSSR count). The normalized spacial score (nSPS) is 21.1. The van der Waals surface area contributed by atoms with Crippen molar-refractivity contribution in [2.24, 2.45) is 17.8 Å². The van der Waals surface area contributed by atoms with Crippen molar-refractivity contribution < 1.29 is 4.74 Å². The lowest BCUT2D eigenvalue weighted by Gasteiger charge is -2.36. The largest absolute Gasteiger partial charge is 0.473 e. The number of hydrogen-bond donors (Lipinski definition) is 0. The number of para-hydroxylation sites is 1. The molecule has 1 saturated carbocycles. The molecule has 2 aliphatic carbocycles. The molecule has 0 aliphatic heterocycles. The van der Waals surface area contributed by atoms with E-state index in [4.69, 9.17) is 4.74 Å². The fraction of sp³-hybridized carbons (Fsp3) is 0.481. The van der Waals surface area contributed by atoms with E-state index in [0.717, 1.165) is 23.5 Å². The van der Waals surface area contributed by atoms with E-state index in [1.165, 1.54) is 67.8 Å². The predicted molar refractivity (Wildman–Crippen MR) is 120 cm³/mol. The lowest BCUT2D eigenvalue weighted by Crippen LogP contribution is -2.27. The molecule has 2 nitrogen and oxygen atoms in total. The molecule has 0 bridgehead atoms. The summed E-state index contributed by atoms with van der Waals surface area (Å²) in [5.41, 5.74) is 4.29. The van der Waals surface area contributed by atoms with Crippen molar-refractivity contribution in [2.75, 3.05) is 0 Å². The van der Waals surface area contributed by atoms with Gasteiger partial charge in [-0.3, -0.25) is 0 Å². The first-order valence-corrected chi connectivity index (χ1v) is 11.6. The Morgan fingerprint density at radius 1 is 0.931 bits per heavy atom. The molecule has 0 N–H and O–H groups in total. The van der Waals surface area contributed by atoms with Gasteiger partial charge in [-0.15, -0.1) is 0 Å². The monoisotopic (exact) mass is 387 g/mol. The first kappa shape index (κ1) is 18.8. The number of aryl methyl sites for hydroxylation is 1. The second-order valence-corrected chi connectivity index (χ2v) is 9.31. The third kappa shape index (κ3) is 3.95. The van der Waals surface area contributed by atoms with E-state index in [1.54, 1.807) is 5.56 Å². The lowest BCUT2D eigenvalue weighted by atomic mass is 9.69. The maximum absolute atomic E-state index is 6.16. The van der Waals surface area contributed by atoms with Gasteiger partial charge in [0.2, 0.25) is 0 Å². The SMILES string of the molecule is CC(C1CCCCC1)C1CCc2cc(OCn3ccc4ccccc43)ccc2C1. The Bertz CT molecular complexity index is 966. The Hall–Kier alpha value is -2.22. The highest BCUT2D eigenvalue weighted by molar-refractivity contribution is 5.79. The molecule has 0 saturated heterocycles. The van der Waals surface area contributed by atoms with Crippen molar-refractivity contribution in [3.8, 4) is 5.75 Å². The second-order valence-electron chi connectivity index (χ2n) is 9.31. The Labute approximate surface area is 174 Å². The Morgan fingerprint density at radius 3 is 2.69 bits per heavy atom. The number of aromatic nitrogens is 1. The van der Waals surface area contributed by atoms with Crippen molar-refractivity contribution in [1.82, 2.24) is 4.57 Å². The standard InChI is InChI=1S/C27H33NO/c1-20(21-7-3-2-4-8-21)23-11-12-25-18-26(14-13-24(25)17-23)29-19-28-16-15-22-9-5-6-10-27(22)28/h5-6,9-10,13-16,18,20-21,23H,2-4,7-8,11-12,17,19H2,1H3. The molecule has 2 heteroatoms. The maximum Gasteiger partial charge on any atom is 0.165 e. The van der Waals surface area contributed by atoms with Crippen LogP contribution in [0, 0.1) is 17.8 Å². The van der Waals surface area contributed by atoms with Crippen LogP contribution in [-0.4, -0.2) is 4.57 Å². The van der Waals surface area contributed by atoms with Crippen LogP contribution in [-0.2, 0) is 19.6 Å². The van der Waals surface area contributed by atoms with Crippen molar-refractivity contribution >= 4 is 10.9 Å². The van der Waals surface area contributed by atoms with Gasteiger partial charge in [-0.2, -0.15) is 0 Å². The fourth-order valence-corrected chi connectivity index (χ4v) is 5.74. The minimum atomic E-state index is 0.563. The summed E-state index contributed by atoms with van der Waals surface area (Å²) in [6.45, 7) is 3.10. The molecule has 1 heterocycles. The first-order chi connectivity index (χ1) is 14.3. The van der Waals surface area contributed by atoms with Gasteiger partial charge >= 0.3 is 0 Å². The van der Waals surface area contributed by atoms with Crippen LogP contribution in [0.2, 0.25) is 0 Å². The van der Waals surface area contributed by atoms with Gasteiger partial charge in [0.1, 0.15) is 5.75 Å². The smallest absolute Gasteiger partial charge is 0.165 e. The summed E-state index contributed by atoms with van der Waals surface area (Å²) in [4.78, 5) is 0. The first-order valence-electron chi connectivity index (χ1n) is 11.6. The predicted octanol–water partition coefficient (Wildman–Crippen LogP) is 7.00. The molecule has 29 heavy (non-hydrogen) atoms. The molecule has 2 aromatic carbocycles. The van der Waals surface area contributed by atoms with E-state index >= 15 is 0 Å². The van der Waals surface area contributed by atoms with Gasteiger partial charge in [-0.1, -0.05) is 63.3 Å². The van der Waals surface area contributed by atoms with Crippen molar-refractivity contribution in [1.29, 1.82) is 0 Å². The van der Waals surface area contributed by atoms with Gasteiger partial charge in [0.15, 0.2) is 6.73 Å². The number of fused-ring (bicyclic) bond motifs is 2. The quantitative estimate of drug-likeness (QED) is 0.460. The van der Waals surface area contributed by atoms with E-state index in [9.17, 15) is 0 Å². The number of hydrogen-bond acceptors (Lipinski definition) is 1. The molecule has 2 atom stereocenters. The summed E-state index contributed by atoms with van der Waals surface area (Å²) in [6.07, 6.45) is 13.2. The van der Waals surface area contributed by atoms with Crippen LogP contribution < -0.4 is 4.74 Å². The molecular formula is C27H33NO. The van der Waals surface area contributed by atoms with Crippen LogP contribution in [0.4, 0.5) is 0 Å². The molecule has 0 amide bonds. The Balaban J connectivity index is 1.24. The molecule has 3 aromatic rings. The van der Waals surface area contributed by atoms with Gasteiger partial charge in [0, 0.05) is 6.20 Å². The average Bonchev–Trinajstić information content (AvgIpc) is 3.20. The van der Waals surface area contributed by atoms with Crippen LogP contribution in [0.1, 0.15) is 56.6 Å². The lowest BCUT2D eigenvalue weighted by molar-refractivity contribution is 0.180. The van der Waals surface area contributed by atoms with Crippen molar-refractivity contribution in [2.45, 2.75) is 65.0 Å². The molecule has 2 unspecified atom stereocenters. The van der Waals surface area contributed by atoms with Gasteiger partial charge in [-0.25, -0.2) is 0 Å². The molecular weight excluding hydrogens is 354 g/mol. The minimum absolute atomic E-state index is 0.563. The summed E-state index contributed by atoms with van der Waals surface area (Å²) in [7, 11) is 0. The number of ether oxygens (including phenoxy) is 1. The minimum Gasteiger partial charge on any atom is -0.473 e. The summed E-state index contributed by atoms with van der Waals surface area (Å²) < 4.78 is 8.33. The zero-order chi connectivity index (χ0) is 19.6. The molecule has 1 aromatic heterocycles. The van der Waals surface area contributed by atoms with Crippen LogP contribution in [0.3, 0.4) is 0 Å². The third-order valence-corrected chi connectivity index (χ3v) is 7.63. The topological polar surface area (TPSA) is 14.2 Å². The van der Waals surface area contributed by atoms with Crippen molar-refractivity contribution in [3.63, 3.8) is 0 Å². The van der Waals surface area contributed by atoms with Crippen molar-refractivity contribution in [3.05, 3.63) is 65.9 Å². The van der Waals surface area contributed by atoms with Gasteiger partial charge in [-0.05, 0) is 77.8 Å². The molecule has 1 fully saturated rings. The van der Waals surface area contributed by atoms with Gasteiger partial charge in [0.05, 0.1) is 5.52 Å². The molecule has 0 spiro atoms. The summed E-state index contributed by atoms with van der Waals surface area (Å²) in [5, 5.41) is 1.26. The fourth-order valence-electron chi connectivity index (χ4n) is 5.74. The number of rotatable bonds is 5. The summed E-state index contributed by atoms with van der Waals surface area (Å²) >= 11 is 0. The van der Waals surface area contributed by atoms with E-state index in [2.05, 4.69) is 66.2 Å². The van der Waals surface area contributed by atoms with Crippen LogP contribution in [0.5, 0.6) is 5.75 Å². The Kier molecular flexibility index (Phi) is 5.35. The van der Waals surface area contributed by atoms with Crippen LogP contribution in [0.15, 0.2) is 54.7 Å². The van der Waals surface area contributed by atoms with E-state index < -0.39 is 0 Å². The highest BCUT2D eigenvalue weighted by Crippen LogP contribution is 2.39. The van der Waals surface area contributed by atoms with Crippen LogP contribution >= 0.6 is 0 Å². The zero-order valence-corrected chi connectivity index (χ0v) is 17.6. The maximum atomic E-state index is 6.16. The zero-order valence-electron chi connectivity index (χ0n) is 17.6. The molecule has 0 radical (unpaired) electrons.